The van der Waals surface area contributed by atoms with Gasteiger partial charge in [-0.1, -0.05) is 42.8 Å². The van der Waals surface area contributed by atoms with Gasteiger partial charge in [-0.3, -0.25) is 4.79 Å². The van der Waals surface area contributed by atoms with E-state index in [-0.39, 0.29) is 11.7 Å². The minimum atomic E-state index is -0.131. The van der Waals surface area contributed by atoms with Crippen molar-refractivity contribution in [2.45, 2.75) is 38.0 Å². The average molecular weight is 406 g/mol. The smallest absolute Gasteiger partial charge is 0.171 e. The van der Waals surface area contributed by atoms with Crippen molar-refractivity contribution >= 4 is 11.9 Å². The molecule has 0 saturated carbocycles. The van der Waals surface area contributed by atoms with Crippen molar-refractivity contribution in [3.05, 3.63) is 64.7 Å². The van der Waals surface area contributed by atoms with Crippen molar-refractivity contribution < 1.29 is 14.3 Å². The van der Waals surface area contributed by atoms with Gasteiger partial charge in [0.05, 0.1) is 20.1 Å². The molecule has 0 amide bonds. The maximum absolute atomic E-state index is 13.0. The number of methoxy groups -OCH3 is 2. The number of Topliss-reactive ketones (excluding diaryl/α,β-unsaturated/α-hetero) is 1. The van der Waals surface area contributed by atoms with Crippen molar-refractivity contribution in [3.8, 4) is 11.5 Å². The number of carbonyl (C=O) groups is 1. The van der Waals surface area contributed by atoms with E-state index in [0.29, 0.717) is 17.9 Å². The SMILES string of the molecule is COc1cc2c(cc1OC)C(=O)C(c1ccc(/C=C/CCN3CCCCC3)cc1)C2. The molecule has 1 aliphatic carbocycles. The second-order valence-electron chi connectivity index (χ2n) is 8.25. The largest absolute Gasteiger partial charge is 0.493 e. The van der Waals surface area contributed by atoms with Crippen LogP contribution < -0.4 is 9.47 Å². The average Bonchev–Trinajstić information content (AvgIpc) is 3.12. The molecule has 0 spiro atoms. The first kappa shape index (κ1) is 20.7. The highest BCUT2D eigenvalue weighted by Gasteiger charge is 2.33. The Morgan fingerprint density at radius 2 is 1.70 bits per heavy atom. The second-order valence-corrected chi connectivity index (χ2v) is 8.25. The van der Waals surface area contributed by atoms with Gasteiger partial charge in [0.2, 0.25) is 0 Å². The molecule has 1 saturated heterocycles. The molecule has 1 atom stereocenters. The fourth-order valence-corrected chi connectivity index (χ4v) is 4.59. The summed E-state index contributed by atoms with van der Waals surface area (Å²) in [6, 6.07) is 12.2. The maximum Gasteiger partial charge on any atom is 0.171 e. The van der Waals surface area contributed by atoms with E-state index in [9.17, 15) is 4.79 Å². The zero-order valence-electron chi connectivity index (χ0n) is 18.0. The molecule has 30 heavy (non-hydrogen) atoms. The van der Waals surface area contributed by atoms with Crippen LogP contribution in [0.25, 0.3) is 6.08 Å². The standard InChI is InChI=1S/C26H31NO3/c1-29-24-17-21-16-22(26(28)23(21)18-25(24)30-2)20-11-9-19(10-12-20)8-4-7-15-27-13-5-3-6-14-27/h4,8-12,17-18,22H,3,5-7,13-16H2,1-2H3/b8-4+. The van der Waals surface area contributed by atoms with Gasteiger partial charge in [-0.25, -0.2) is 0 Å². The van der Waals surface area contributed by atoms with Gasteiger partial charge in [0, 0.05) is 12.1 Å². The Balaban J connectivity index is 1.39. The predicted molar refractivity (Wildman–Crippen MR) is 121 cm³/mol. The third-order valence-corrected chi connectivity index (χ3v) is 6.33. The molecular weight excluding hydrogens is 374 g/mol. The number of nitrogens with zero attached hydrogens (tertiary/aromatic N) is 1. The van der Waals surface area contributed by atoms with E-state index in [1.807, 2.05) is 12.1 Å². The molecule has 1 aliphatic heterocycles. The van der Waals surface area contributed by atoms with Crippen molar-refractivity contribution in [3.63, 3.8) is 0 Å². The lowest BCUT2D eigenvalue weighted by Crippen LogP contribution is -2.30. The predicted octanol–water partition coefficient (Wildman–Crippen LogP) is 5.12. The summed E-state index contributed by atoms with van der Waals surface area (Å²) in [6.07, 6.45) is 10.3. The van der Waals surface area contributed by atoms with Gasteiger partial charge in [-0.2, -0.15) is 0 Å². The second kappa shape index (κ2) is 9.48. The number of carbonyl (C=O) groups excluding carboxylic acids is 1. The third-order valence-electron chi connectivity index (χ3n) is 6.33. The zero-order chi connectivity index (χ0) is 20.9. The normalized spacial score (nSPS) is 19.3. The van der Waals surface area contributed by atoms with E-state index in [1.54, 1.807) is 14.2 Å². The van der Waals surface area contributed by atoms with Crippen LogP contribution in [0, 0.1) is 0 Å². The van der Waals surface area contributed by atoms with Crippen LogP contribution in [0.4, 0.5) is 0 Å². The van der Waals surface area contributed by atoms with Crippen molar-refractivity contribution in [1.29, 1.82) is 0 Å². The molecular formula is C26H31NO3. The molecule has 2 aliphatic rings. The van der Waals surface area contributed by atoms with E-state index in [4.69, 9.17) is 9.47 Å². The van der Waals surface area contributed by atoms with E-state index in [0.717, 1.165) is 29.7 Å². The number of rotatable bonds is 7. The fourth-order valence-electron chi connectivity index (χ4n) is 4.59. The molecule has 1 fully saturated rings. The summed E-state index contributed by atoms with van der Waals surface area (Å²) in [6.45, 7) is 3.65. The van der Waals surface area contributed by atoms with E-state index >= 15 is 0 Å². The molecule has 4 nitrogen and oxygen atoms in total. The van der Waals surface area contributed by atoms with Crippen LogP contribution in [-0.2, 0) is 6.42 Å². The van der Waals surface area contributed by atoms with Crippen molar-refractivity contribution in [1.82, 2.24) is 4.90 Å². The molecule has 158 valence electrons. The van der Waals surface area contributed by atoms with Gasteiger partial charge >= 0.3 is 0 Å². The molecule has 0 radical (unpaired) electrons. The summed E-state index contributed by atoms with van der Waals surface area (Å²) >= 11 is 0. The number of fused-ring (bicyclic) bond motifs is 1. The lowest BCUT2D eigenvalue weighted by atomic mass is 9.94. The summed E-state index contributed by atoms with van der Waals surface area (Å²) < 4.78 is 10.8. The van der Waals surface area contributed by atoms with Crippen LogP contribution in [0.15, 0.2) is 42.5 Å². The highest BCUT2D eigenvalue weighted by atomic mass is 16.5. The number of likely N-dealkylation sites (tertiary alicyclic amines) is 1. The van der Waals surface area contributed by atoms with Gasteiger partial charge in [0.15, 0.2) is 17.3 Å². The first-order valence-electron chi connectivity index (χ1n) is 11.0. The minimum absolute atomic E-state index is 0.131. The Bertz CT molecular complexity index is 911. The summed E-state index contributed by atoms with van der Waals surface area (Å²) in [4.78, 5) is 15.6. The van der Waals surface area contributed by atoms with Crippen LogP contribution in [0.2, 0.25) is 0 Å². The van der Waals surface area contributed by atoms with Crippen LogP contribution in [0.5, 0.6) is 11.5 Å². The number of benzene rings is 2. The summed E-state index contributed by atoms with van der Waals surface area (Å²) in [5.74, 6) is 1.31. The Kier molecular flexibility index (Phi) is 6.53. The first-order valence-corrected chi connectivity index (χ1v) is 11.0. The Hall–Kier alpha value is -2.59. The summed E-state index contributed by atoms with van der Waals surface area (Å²) in [5, 5.41) is 0. The minimum Gasteiger partial charge on any atom is -0.493 e. The van der Waals surface area contributed by atoms with Gasteiger partial charge in [-0.05, 0) is 67.6 Å². The van der Waals surface area contributed by atoms with Gasteiger partial charge in [0.25, 0.3) is 0 Å². The first-order chi connectivity index (χ1) is 14.7. The molecule has 2 aromatic carbocycles. The monoisotopic (exact) mass is 405 g/mol. The van der Waals surface area contributed by atoms with Crippen LogP contribution >= 0.6 is 0 Å². The Morgan fingerprint density at radius 3 is 2.40 bits per heavy atom. The quantitative estimate of drug-likeness (QED) is 0.641. The fraction of sp³-hybridized carbons (Fsp3) is 0.423. The summed E-state index contributed by atoms with van der Waals surface area (Å²) in [7, 11) is 3.22. The molecule has 0 aromatic heterocycles. The molecule has 0 bridgehead atoms. The Labute approximate surface area is 179 Å². The highest BCUT2D eigenvalue weighted by molar-refractivity contribution is 6.06. The lowest BCUT2D eigenvalue weighted by molar-refractivity contribution is 0.0972. The Morgan fingerprint density at radius 1 is 1.00 bits per heavy atom. The van der Waals surface area contributed by atoms with Crippen LogP contribution in [0.3, 0.4) is 0 Å². The van der Waals surface area contributed by atoms with Gasteiger partial charge in [0.1, 0.15) is 0 Å². The zero-order valence-corrected chi connectivity index (χ0v) is 18.0. The maximum atomic E-state index is 13.0. The van der Waals surface area contributed by atoms with E-state index in [2.05, 4.69) is 41.3 Å². The number of piperidine rings is 1. The molecule has 2 aromatic rings. The number of hydrogen-bond donors (Lipinski definition) is 0. The van der Waals surface area contributed by atoms with Crippen molar-refractivity contribution in [2.24, 2.45) is 0 Å². The highest BCUT2D eigenvalue weighted by Crippen LogP contribution is 2.40. The van der Waals surface area contributed by atoms with E-state index in [1.165, 1.54) is 37.9 Å². The topological polar surface area (TPSA) is 38.8 Å². The molecule has 4 heteroatoms. The lowest BCUT2D eigenvalue weighted by Gasteiger charge is -2.25. The molecule has 4 rings (SSSR count). The van der Waals surface area contributed by atoms with Gasteiger partial charge in [-0.15, -0.1) is 0 Å². The molecule has 1 heterocycles. The third kappa shape index (κ3) is 4.44. The molecule has 1 unspecified atom stereocenters. The van der Waals surface area contributed by atoms with Gasteiger partial charge < -0.3 is 14.4 Å². The van der Waals surface area contributed by atoms with Crippen molar-refractivity contribution in [2.75, 3.05) is 33.9 Å². The van der Waals surface area contributed by atoms with E-state index < -0.39 is 0 Å². The number of ether oxygens (including phenoxy) is 2. The van der Waals surface area contributed by atoms with Crippen LogP contribution in [0.1, 0.15) is 58.6 Å². The number of ketones is 1. The number of hydrogen-bond acceptors (Lipinski definition) is 4. The van der Waals surface area contributed by atoms with Crippen LogP contribution in [-0.4, -0.2) is 44.5 Å². The molecule has 0 N–H and O–H groups in total. The summed E-state index contributed by atoms with van der Waals surface area (Å²) in [5.41, 5.74) is 4.03.